The van der Waals surface area contributed by atoms with Crippen molar-refractivity contribution in [2.45, 2.75) is 12.8 Å². The van der Waals surface area contributed by atoms with Gasteiger partial charge in [0.2, 0.25) is 5.91 Å². The van der Waals surface area contributed by atoms with Gasteiger partial charge in [-0.3, -0.25) is 14.4 Å². The van der Waals surface area contributed by atoms with Crippen LogP contribution in [0.25, 0.3) is 10.8 Å². The number of nitrogens with one attached hydrogen (secondary N) is 2. The molecule has 2 N–H and O–H groups in total. The maximum atomic E-state index is 14.8. The SMILES string of the molecule is O=C1Cc2nc(N3CCN(C(=O)c4cc(Cc5n[nH]c(=O)c6ccccc56)ccc4F)CC3)ccc2N1. The second kappa shape index (κ2) is 9.12. The lowest BCUT2D eigenvalue weighted by Crippen LogP contribution is -2.49. The number of fused-ring (bicyclic) bond motifs is 2. The zero-order chi connectivity index (χ0) is 25.5. The number of hydrogen-bond donors (Lipinski definition) is 2. The van der Waals surface area contributed by atoms with Gasteiger partial charge in [0.15, 0.2) is 0 Å². The van der Waals surface area contributed by atoms with Gasteiger partial charge < -0.3 is 15.1 Å². The van der Waals surface area contributed by atoms with Crippen LogP contribution in [0.4, 0.5) is 15.9 Å². The molecule has 0 radical (unpaired) electrons. The van der Waals surface area contributed by atoms with Crippen LogP contribution in [0.1, 0.15) is 27.3 Å². The number of H-pyrrole nitrogens is 1. The predicted molar refractivity (Wildman–Crippen MR) is 136 cm³/mol. The summed E-state index contributed by atoms with van der Waals surface area (Å²) in [6.45, 7) is 1.94. The van der Waals surface area contributed by atoms with Gasteiger partial charge in [0.1, 0.15) is 11.6 Å². The van der Waals surface area contributed by atoms with Crippen LogP contribution < -0.4 is 15.8 Å². The summed E-state index contributed by atoms with van der Waals surface area (Å²) in [5.41, 5.74) is 2.58. The van der Waals surface area contributed by atoms with Crippen molar-refractivity contribution < 1.29 is 14.0 Å². The summed E-state index contributed by atoms with van der Waals surface area (Å²) in [5.74, 6) is -0.247. The quantitative estimate of drug-likeness (QED) is 0.447. The molecular weight excluding hydrogens is 475 g/mol. The van der Waals surface area contributed by atoms with Crippen LogP contribution >= 0.6 is 0 Å². The molecule has 0 unspecified atom stereocenters. The summed E-state index contributed by atoms with van der Waals surface area (Å²) >= 11 is 0. The number of halogens is 1. The van der Waals surface area contributed by atoms with Crippen LogP contribution in [-0.2, 0) is 17.6 Å². The number of aromatic amines is 1. The fourth-order valence-electron chi connectivity index (χ4n) is 4.92. The Hall–Kier alpha value is -4.60. The van der Waals surface area contributed by atoms with Crippen molar-refractivity contribution in [1.29, 1.82) is 0 Å². The summed E-state index contributed by atoms with van der Waals surface area (Å²) in [4.78, 5) is 45.3. The number of pyridine rings is 1. The van der Waals surface area contributed by atoms with E-state index in [1.807, 2.05) is 24.3 Å². The lowest BCUT2D eigenvalue weighted by Gasteiger charge is -2.35. The Morgan fingerprint density at radius 1 is 0.973 bits per heavy atom. The lowest BCUT2D eigenvalue weighted by molar-refractivity contribution is -0.115. The number of nitrogens with zero attached hydrogens (tertiary/aromatic N) is 4. The van der Waals surface area contributed by atoms with E-state index in [9.17, 15) is 18.8 Å². The Balaban J connectivity index is 1.17. The molecule has 0 saturated carbocycles. The highest BCUT2D eigenvalue weighted by Crippen LogP contribution is 2.25. The Morgan fingerprint density at radius 2 is 1.76 bits per heavy atom. The topological polar surface area (TPSA) is 111 Å². The van der Waals surface area contributed by atoms with Crippen molar-refractivity contribution in [1.82, 2.24) is 20.1 Å². The molecule has 2 aliphatic rings. The zero-order valence-corrected chi connectivity index (χ0v) is 19.8. The molecule has 4 aromatic rings. The number of carbonyl (C=O) groups is 2. The van der Waals surface area contributed by atoms with Crippen LogP contribution in [-0.4, -0.2) is 58.1 Å². The van der Waals surface area contributed by atoms with E-state index in [0.29, 0.717) is 43.7 Å². The van der Waals surface area contributed by atoms with Gasteiger partial charge in [0.05, 0.1) is 34.4 Å². The first-order chi connectivity index (χ1) is 18.0. The Labute approximate surface area is 210 Å². The van der Waals surface area contributed by atoms with E-state index < -0.39 is 5.82 Å². The second-order valence-corrected chi connectivity index (χ2v) is 9.20. The van der Waals surface area contributed by atoms with E-state index in [4.69, 9.17) is 0 Å². The number of amides is 2. The highest BCUT2D eigenvalue weighted by Gasteiger charge is 2.26. The fraction of sp³-hybridized carbons (Fsp3) is 0.222. The molecule has 2 aromatic carbocycles. The first kappa shape index (κ1) is 22.8. The number of benzene rings is 2. The Bertz CT molecular complexity index is 1610. The van der Waals surface area contributed by atoms with E-state index in [2.05, 4.69) is 25.4 Å². The van der Waals surface area contributed by atoms with Crippen LogP contribution in [0, 0.1) is 5.82 Å². The van der Waals surface area contributed by atoms with Gasteiger partial charge >= 0.3 is 0 Å². The smallest absolute Gasteiger partial charge is 0.272 e. The maximum absolute atomic E-state index is 14.8. The third-order valence-electron chi connectivity index (χ3n) is 6.86. The van der Waals surface area contributed by atoms with Gasteiger partial charge in [0.25, 0.3) is 11.5 Å². The molecule has 2 amide bonds. The molecule has 2 aromatic heterocycles. The van der Waals surface area contributed by atoms with Crippen molar-refractivity contribution >= 4 is 34.1 Å². The van der Waals surface area contributed by atoms with E-state index in [1.54, 1.807) is 29.2 Å². The number of piperazine rings is 1. The van der Waals surface area contributed by atoms with Crippen LogP contribution in [0.5, 0.6) is 0 Å². The van der Waals surface area contributed by atoms with Crippen LogP contribution in [0.2, 0.25) is 0 Å². The molecule has 0 atom stereocenters. The molecular formula is C27H23FN6O3. The summed E-state index contributed by atoms with van der Waals surface area (Å²) in [7, 11) is 0. The molecule has 4 heterocycles. The van der Waals surface area contributed by atoms with Crippen molar-refractivity contribution in [3.8, 4) is 0 Å². The fourth-order valence-corrected chi connectivity index (χ4v) is 4.92. The number of aromatic nitrogens is 3. The first-order valence-electron chi connectivity index (χ1n) is 12.0. The van der Waals surface area contributed by atoms with Crippen molar-refractivity contribution in [2.24, 2.45) is 0 Å². The van der Waals surface area contributed by atoms with Gasteiger partial charge in [0, 0.05) is 38.0 Å². The number of anilines is 2. The van der Waals surface area contributed by atoms with E-state index in [0.717, 1.165) is 28.1 Å². The third-order valence-corrected chi connectivity index (χ3v) is 6.86. The number of carbonyl (C=O) groups excluding carboxylic acids is 2. The van der Waals surface area contributed by atoms with Crippen molar-refractivity contribution in [2.75, 3.05) is 36.4 Å². The normalized spacial score (nSPS) is 15.1. The van der Waals surface area contributed by atoms with Crippen LogP contribution in [0.3, 0.4) is 0 Å². The molecule has 10 heteroatoms. The summed E-state index contributed by atoms with van der Waals surface area (Å²) in [6, 6.07) is 15.4. The van der Waals surface area contributed by atoms with Gasteiger partial charge in [-0.15, -0.1) is 0 Å². The lowest BCUT2D eigenvalue weighted by atomic mass is 10.0. The van der Waals surface area contributed by atoms with Gasteiger partial charge in [-0.2, -0.15) is 5.10 Å². The molecule has 0 spiro atoms. The average molecular weight is 499 g/mol. The standard InChI is InChI=1S/C27H23FN6O3/c28-20-6-5-16(14-22-17-3-1-2-4-18(17)26(36)32-31-22)13-19(20)27(37)34-11-9-33(10-12-34)24-8-7-21-23(29-24)15-25(35)30-21/h1-8,13H,9-12,14-15H2,(H,30,35)(H,32,36). The molecule has 0 aliphatic carbocycles. The number of hydrogen-bond acceptors (Lipinski definition) is 6. The summed E-state index contributed by atoms with van der Waals surface area (Å²) in [6.07, 6.45) is 0.606. The second-order valence-electron chi connectivity index (χ2n) is 9.20. The summed E-state index contributed by atoms with van der Waals surface area (Å²) < 4.78 is 14.8. The van der Waals surface area contributed by atoms with Gasteiger partial charge in [-0.1, -0.05) is 24.3 Å². The molecule has 1 saturated heterocycles. The highest BCUT2D eigenvalue weighted by atomic mass is 19.1. The summed E-state index contributed by atoms with van der Waals surface area (Å²) in [5, 5.41) is 10.7. The van der Waals surface area contributed by atoms with Gasteiger partial charge in [-0.25, -0.2) is 14.5 Å². The third kappa shape index (κ3) is 4.31. The molecule has 6 rings (SSSR count). The minimum absolute atomic E-state index is 0.0138. The molecule has 0 bridgehead atoms. The first-order valence-corrected chi connectivity index (χ1v) is 12.0. The van der Waals surface area contributed by atoms with E-state index in [-0.39, 0.29) is 29.4 Å². The average Bonchev–Trinajstić information content (AvgIpc) is 3.30. The minimum Gasteiger partial charge on any atom is -0.353 e. The van der Waals surface area contributed by atoms with Gasteiger partial charge in [-0.05, 0) is 35.9 Å². The minimum atomic E-state index is -0.576. The Morgan fingerprint density at radius 3 is 2.57 bits per heavy atom. The molecule has 186 valence electrons. The molecule has 1 fully saturated rings. The predicted octanol–water partition coefficient (Wildman–Crippen LogP) is 2.50. The van der Waals surface area contributed by atoms with Crippen LogP contribution in [0.15, 0.2) is 59.4 Å². The monoisotopic (exact) mass is 498 g/mol. The molecule has 9 nitrogen and oxygen atoms in total. The van der Waals surface area contributed by atoms with E-state index in [1.165, 1.54) is 6.07 Å². The highest BCUT2D eigenvalue weighted by molar-refractivity contribution is 5.98. The zero-order valence-electron chi connectivity index (χ0n) is 19.8. The van der Waals surface area contributed by atoms with Crippen molar-refractivity contribution in [3.63, 3.8) is 0 Å². The van der Waals surface area contributed by atoms with E-state index >= 15 is 0 Å². The largest absolute Gasteiger partial charge is 0.353 e. The molecule has 2 aliphatic heterocycles. The van der Waals surface area contributed by atoms with Crippen molar-refractivity contribution in [3.05, 3.63) is 93.3 Å². The number of rotatable bonds is 4. The maximum Gasteiger partial charge on any atom is 0.272 e. The molecule has 37 heavy (non-hydrogen) atoms. The Kier molecular flexibility index (Phi) is 5.63.